The lowest BCUT2D eigenvalue weighted by Gasteiger charge is -2.33. The molecule has 0 radical (unpaired) electrons. The van der Waals surface area contributed by atoms with Crippen LogP contribution >= 0.6 is 0 Å². The molecule has 22 heavy (non-hydrogen) atoms. The molecule has 1 fully saturated rings. The van der Waals surface area contributed by atoms with E-state index < -0.39 is 0 Å². The number of pyridine rings is 1. The summed E-state index contributed by atoms with van der Waals surface area (Å²) in [6, 6.07) is 2.02. The molecule has 0 spiro atoms. The Balaban J connectivity index is 2.13. The first-order valence-corrected chi connectivity index (χ1v) is 7.45. The molecule has 1 aromatic heterocycles. The normalized spacial score (nSPS) is 18.1. The average Bonchev–Trinajstić information content (AvgIpc) is 2.47. The molecule has 1 aromatic rings. The molecule has 1 amide bonds. The molecular weight excluding hydrogens is 282 g/mol. The van der Waals surface area contributed by atoms with E-state index in [9.17, 15) is 9.59 Å². The van der Waals surface area contributed by atoms with Gasteiger partial charge in [0.05, 0.1) is 19.3 Å². The van der Waals surface area contributed by atoms with Crippen molar-refractivity contribution in [3.8, 4) is 6.07 Å². The van der Waals surface area contributed by atoms with Crippen molar-refractivity contribution in [2.45, 2.75) is 39.7 Å². The lowest BCUT2D eigenvalue weighted by atomic mass is 9.98. The summed E-state index contributed by atoms with van der Waals surface area (Å²) < 4.78 is 5.34. The van der Waals surface area contributed by atoms with Crippen LogP contribution in [0, 0.1) is 25.2 Å². The number of carbonyl (C=O) groups excluding carboxylic acids is 1. The van der Waals surface area contributed by atoms with E-state index in [1.165, 1.54) is 0 Å². The van der Waals surface area contributed by atoms with Gasteiger partial charge in [-0.15, -0.1) is 0 Å². The molecule has 1 saturated heterocycles. The van der Waals surface area contributed by atoms with Crippen molar-refractivity contribution in [2.75, 3.05) is 19.8 Å². The van der Waals surface area contributed by atoms with Crippen molar-refractivity contribution in [2.24, 2.45) is 0 Å². The predicted octanol–water partition coefficient (Wildman–Crippen LogP) is 1.04. The van der Waals surface area contributed by atoms with Gasteiger partial charge in [-0.25, -0.2) is 0 Å². The topological polar surface area (TPSA) is 86.2 Å². The van der Waals surface area contributed by atoms with E-state index in [2.05, 4.69) is 4.98 Å². The number of H-pyrrole nitrogens is 1. The van der Waals surface area contributed by atoms with E-state index in [4.69, 9.17) is 10.00 Å². The molecule has 2 rings (SSSR count). The lowest BCUT2D eigenvalue weighted by molar-refractivity contribution is -0.139. The van der Waals surface area contributed by atoms with E-state index in [-0.39, 0.29) is 23.1 Å². The molecule has 1 N–H and O–H groups in total. The maximum Gasteiger partial charge on any atom is 0.266 e. The number of aromatic amines is 1. The van der Waals surface area contributed by atoms with Gasteiger partial charge in [-0.2, -0.15) is 5.26 Å². The number of nitriles is 1. The Hall–Kier alpha value is -2.13. The van der Waals surface area contributed by atoms with Gasteiger partial charge in [0.2, 0.25) is 5.91 Å². The zero-order valence-corrected chi connectivity index (χ0v) is 13.2. The van der Waals surface area contributed by atoms with Gasteiger partial charge >= 0.3 is 0 Å². The van der Waals surface area contributed by atoms with Crippen molar-refractivity contribution >= 4 is 5.91 Å². The van der Waals surface area contributed by atoms with Crippen molar-refractivity contribution in [1.29, 1.82) is 5.26 Å². The van der Waals surface area contributed by atoms with E-state index in [1.807, 2.05) is 17.9 Å². The SMILES string of the molecule is Cc1[nH]c(=O)c(C#N)c(C)c1CCC(=O)N1CCOCC1C. The standard InChI is InChI=1S/C16H21N3O3/c1-10-9-22-7-6-19(10)15(20)5-4-13-11(2)14(8-17)16(21)18-12(13)3/h10H,4-7,9H2,1-3H3,(H,18,21). The summed E-state index contributed by atoms with van der Waals surface area (Å²) in [4.78, 5) is 28.6. The van der Waals surface area contributed by atoms with E-state index in [1.54, 1.807) is 13.8 Å². The molecule has 0 saturated carbocycles. The lowest BCUT2D eigenvalue weighted by Crippen LogP contribution is -2.47. The minimum atomic E-state index is -0.366. The van der Waals surface area contributed by atoms with E-state index in [0.717, 1.165) is 11.3 Å². The summed E-state index contributed by atoms with van der Waals surface area (Å²) in [6.07, 6.45) is 0.884. The summed E-state index contributed by atoms with van der Waals surface area (Å²) in [5.41, 5.74) is 2.04. The minimum absolute atomic E-state index is 0.0827. The van der Waals surface area contributed by atoms with Crippen molar-refractivity contribution in [3.63, 3.8) is 0 Å². The molecular formula is C16H21N3O3. The number of morpholine rings is 1. The summed E-state index contributed by atoms with van der Waals surface area (Å²) in [5, 5.41) is 9.07. The number of aryl methyl sites for hydroxylation is 1. The second-order valence-corrected chi connectivity index (χ2v) is 5.68. The Morgan fingerprint density at radius 2 is 2.23 bits per heavy atom. The first-order valence-electron chi connectivity index (χ1n) is 7.45. The molecule has 1 aliphatic rings. The van der Waals surface area contributed by atoms with Gasteiger partial charge in [0.1, 0.15) is 11.6 Å². The van der Waals surface area contributed by atoms with Crippen LogP contribution < -0.4 is 5.56 Å². The zero-order chi connectivity index (χ0) is 16.3. The third-order valence-corrected chi connectivity index (χ3v) is 4.20. The Labute approximate surface area is 129 Å². The Bertz CT molecular complexity index is 672. The van der Waals surface area contributed by atoms with E-state index in [0.29, 0.717) is 38.2 Å². The molecule has 1 aliphatic heterocycles. The molecule has 1 unspecified atom stereocenters. The second kappa shape index (κ2) is 6.75. The van der Waals surface area contributed by atoms with Crippen LogP contribution in [0.4, 0.5) is 0 Å². The summed E-state index contributed by atoms with van der Waals surface area (Å²) in [7, 11) is 0. The van der Waals surface area contributed by atoms with Gasteiger partial charge in [-0.05, 0) is 38.3 Å². The van der Waals surface area contributed by atoms with Crippen LogP contribution in [-0.4, -0.2) is 41.6 Å². The minimum Gasteiger partial charge on any atom is -0.377 e. The number of amides is 1. The number of hydrogen-bond donors (Lipinski definition) is 1. The number of ether oxygens (including phenoxy) is 1. The zero-order valence-electron chi connectivity index (χ0n) is 13.2. The molecule has 1 atom stereocenters. The fourth-order valence-corrected chi connectivity index (χ4v) is 2.89. The molecule has 0 aliphatic carbocycles. The van der Waals surface area contributed by atoms with Crippen molar-refractivity contribution in [3.05, 3.63) is 32.7 Å². The van der Waals surface area contributed by atoms with E-state index >= 15 is 0 Å². The molecule has 6 nitrogen and oxygen atoms in total. The average molecular weight is 303 g/mol. The third-order valence-electron chi connectivity index (χ3n) is 4.20. The summed E-state index contributed by atoms with van der Waals surface area (Å²) in [5.74, 6) is 0.0827. The van der Waals surface area contributed by atoms with Crippen LogP contribution in [0.1, 0.15) is 35.7 Å². The van der Waals surface area contributed by atoms with Crippen LogP contribution in [-0.2, 0) is 16.0 Å². The van der Waals surface area contributed by atoms with Crippen molar-refractivity contribution in [1.82, 2.24) is 9.88 Å². The molecule has 2 heterocycles. The first kappa shape index (κ1) is 16.2. The second-order valence-electron chi connectivity index (χ2n) is 5.68. The number of carbonyl (C=O) groups is 1. The highest BCUT2D eigenvalue weighted by Gasteiger charge is 2.24. The smallest absolute Gasteiger partial charge is 0.266 e. The van der Waals surface area contributed by atoms with Crippen LogP contribution in [0.3, 0.4) is 0 Å². The van der Waals surface area contributed by atoms with Crippen LogP contribution in [0.5, 0.6) is 0 Å². The molecule has 0 bridgehead atoms. The number of nitrogens with zero attached hydrogens (tertiary/aromatic N) is 2. The van der Waals surface area contributed by atoms with Crippen LogP contribution in [0.25, 0.3) is 0 Å². The van der Waals surface area contributed by atoms with Crippen LogP contribution in [0.15, 0.2) is 4.79 Å². The Morgan fingerprint density at radius 3 is 2.86 bits per heavy atom. The fraction of sp³-hybridized carbons (Fsp3) is 0.562. The first-order chi connectivity index (χ1) is 10.5. The van der Waals surface area contributed by atoms with Gasteiger partial charge in [0, 0.05) is 18.7 Å². The summed E-state index contributed by atoms with van der Waals surface area (Å²) >= 11 is 0. The fourth-order valence-electron chi connectivity index (χ4n) is 2.89. The van der Waals surface area contributed by atoms with Gasteiger partial charge in [-0.1, -0.05) is 0 Å². The quantitative estimate of drug-likeness (QED) is 0.904. The third kappa shape index (κ3) is 3.20. The highest BCUT2D eigenvalue weighted by atomic mass is 16.5. The van der Waals surface area contributed by atoms with Crippen molar-refractivity contribution < 1.29 is 9.53 Å². The largest absolute Gasteiger partial charge is 0.377 e. The highest BCUT2D eigenvalue weighted by molar-refractivity contribution is 5.77. The van der Waals surface area contributed by atoms with Crippen LogP contribution in [0.2, 0.25) is 0 Å². The van der Waals surface area contributed by atoms with Gasteiger partial charge < -0.3 is 14.6 Å². The number of rotatable bonds is 3. The maximum absolute atomic E-state index is 12.4. The Kier molecular flexibility index (Phi) is 4.99. The Morgan fingerprint density at radius 1 is 1.50 bits per heavy atom. The number of aromatic nitrogens is 1. The van der Waals surface area contributed by atoms with Gasteiger partial charge in [-0.3, -0.25) is 9.59 Å². The molecule has 118 valence electrons. The highest BCUT2D eigenvalue weighted by Crippen LogP contribution is 2.16. The number of nitrogens with one attached hydrogen (secondary N) is 1. The summed E-state index contributed by atoms with van der Waals surface area (Å²) in [6.45, 7) is 7.30. The number of hydrogen-bond acceptors (Lipinski definition) is 4. The maximum atomic E-state index is 12.4. The molecule has 6 heteroatoms. The predicted molar refractivity (Wildman–Crippen MR) is 81.6 cm³/mol. The molecule has 0 aromatic carbocycles. The van der Waals surface area contributed by atoms with Gasteiger partial charge in [0.25, 0.3) is 5.56 Å². The van der Waals surface area contributed by atoms with Gasteiger partial charge in [0.15, 0.2) is 0 Å². The monoisotopic (exact) mass is 303 g/mol.